The van der Waals surface area contributed by atoms with Gasteiger partial charge in [-0.05, 0) is 43.9 Å². The minimum Gasteiger partial charge on any atom is -0.362 e. The fourth-order valence-corrected chi connectivity index (χ4v) is 3.29. The van der Waals surface area contributed by atoms with E-state index in [2.05, 4.69) is 10.6 Å². The molecule has 3 rings (SSSR count). The van der Waals surface area contributed by atoms with Crippen molar-refractivity contribution in [3.8, 4) is 11.3 Å². The van der Waals surface area contributed by atoms with E-state index >= 15 is 0 Å². The van der Waals surface area contributed by atoms with Crippen molar-refractivity contribution in [1.82, 2.24) is 15.6 Å². The highest BCUT2D eigenvalue weighted by atomic mass is 16.2. The van der Waals surface area contributed by atoms with Crippen molar-refractivity contribution in [2.45, 2.75) is 32.2 Å². The van der Waals surface area contributed by atoms with Crippen molar-refractivity contribution < 1.29 is 9.59 Å². The second kappa shape index (κ2) is 8.20. The average Bonchev–Trinajstić information content (AvgIpc) is 2.86. The maximum absolute atomic E-state index is 12.9. The average molecular weight is 366 g/mol. The van der Waals surface area contributed by atoms with Gasteiger partial charge >= 0.3 is 0 Å². The lowest BCUT2D eigenvalue weighted by atomic mass is 10.0. The van der Waals surface area contributed by atoms with Crippen molar-refractivity contribution in [2.75, 3.05) is 25.5 Å². The molecule has 27 heavy (non-hydrogen) atoms. The highest BCUT2D eigenvalue weighted by molar-refractivity contribution is 6.01. The summed E-state index contributed by atoms with van der Waals surface area (Å²) in [6, 6.07) is 11.2. The molecule has 1 atom stereocenters. The van der Waals surface area contributed by atoms with Crippen LogP contribution in [-0.2, 0) is 4.79 Å². The van der Waals surface area contributed by atoms with Crippen LogP contribution in [0.4, 0.5) is 5.82 Å². The van der Waals surface area contributed by atoms with E-state index in [0.29, 0.717) is 24.3 Å². The van der Waals surface area contributed by atoms with Gasteiger partial charge in [-0.3, -0.25) is 9.59 Å². The molecule has 1 aromatic carbocycles. The van der Waals surface area contributed by atoms with Crippen LogP contribution in [0.1, 0.15) is 35.2 Å². The fourth-order valence-electron chi connectivity index (χ4n) is 3.29. The van der Waals surface area contributed by atoms with Crippen LogP contribution in [0.5, 0.6) is 0 Å². The Morgan fingerprint density at radius 1 is 1.19 bits per heavy atom. The highest BCUT2D eigenvalue weighted by Crippen LogP contribution is 2.26. The third-order valence-electron chi connectivity index (χ3n) is 4.80. The third kappa shape index (κ3) is 4.27. The predicted molar refractivity (Wildman–Crippen MR) is 107 cm³/mol. The topological polar surface area (TPSA) is 74.3 Å². The van der Waals surface area contributed by atoms with Crippen LogP contribution in [0.2, 0.25) is 0 Å². The van der Waals surface area contributed by atoms with Crippen LogP contribution in [-0.4, -0.2) is 43.5 Å². The lowest BCUT2D eigenvalue weighted by Crippen LogP contribution is -2.45. The van der Waals surface area contributed by atoms with Crippen LogP contribution in [0.3, 0.4) is 0 Å². The summed E-state index contributed by atoms with van der Waals surface area (Å²) >= 11 is 0. The van der Waals surface area contributed by atoms with Gasteiger partial charge < -0.3 is 15.5 Å². The van der Waals surface area contributed by atoms with Gasteiger partial charge in [0.25, 0.3) is 5.91 Å². The number of nitrogens with one attached hydrogen (secondary N) is 2. The Morgan fingerprint density at radius 3 is 2.70 bits per heavy atom. The number of benzene rings is 1. The zero-order chi connectivity index (χ0) is 19.4. The van der Waals surface area contributed by atoms with Crippen LogP contribution in [0, 0.1) is 6.92 Å². The molecule has 2 amide bonds. The number of hydrogen-bond donors (Lipinski definition) is 2. The molecule has 0 aliphatic carbocycles. The second-order valence-corrected chi connectivity index (χ2v) is 7.09. The van der Waals surface area contributed by atoms with E-state index in [1.54, 1.807) is 6.07 Å². The van der Waals surface area contributed by atoms with Crippen molar-refractivity contribution in [3.63, 3.8) is 0 Å². The first-order valence-corrected chi connectivity index (χ1v) is 9.30. The molecule has 2 heterocycles. The Bertz CT molecular complexity index is 848. The number of nitrogens with zero attached hydrogens (tertiary/aromatic N) is 2. The maximum atomic E-state index is 12.9. The fraction of sp³-hybridized carbons (Fsp3) is 0.381. The van der Waals surface area contributed by atoms with Gasteiger partial charge in [-0.25, -0.2) is 4.98 Å². The smallest absolute Gasteiger partial charge is 0.255 e. The molecule has 1 aliphatic heterocycles. The molecule has 2 aromatic rings. The molecule has 0 saturated carbocycles. The van der Waals surface area contributed by atoms with Gasteiger partial charge in [-0.1, -0.05) is 24.3 Å². The number of aryl methyl sites for hydroxylation is 1. The van der Waals surface area contributed by atoms with Crippen molar-refractivity contribution in [2.24, 2.45) is 0 Å². The molecule has 1 aromatic heterocycles. The normalized spacial score (nSPS) is 17.0. The summed E-state index contributed by atoms with van der Waals surface area (Å²) in [5.41, 5.74) is 3.45. The molecule has 0 radical (unpaired) electrons. The number of hydrogen-bond acceptors (Lipinski definition) is 4. The Kier molecular flexibility index (Phi) is 5.74. The Balaban J connectivity index is 1.89. The largest absolute Gasteiger partial charge is 0.362 e. The molecule has 0 spiro atoms. The molecular weight excluding hydrogens is 340 g/mol. The summed E-state index contributed by atoms with van der Waals surface area (Å²) in [5.74, 6) is 0.198. The van der Waals surface area contributed by atoms with E-state index in [1.165, 1.54) is 0 Å². The maximum Gasteiger partial charge on any atom is 0.255 e. The van der Waals surface area contributed by atoms with E-state index in [-0.39, 0.29) is 11.8 Å². The monoisotopic (exact) mass is 366 g/mol. The summed E-state index contributed by atoms with van der Waals surface area (Å²) in [7, 11) is 3.72. The highest BCUT2D eigenvalue weighted by Gasteiger charge is 2.25. The third-order valence-corrected chi connectivity index (χ3v) is 4.80. The predicted octanol–water partition coefficient (Wildman–Crippen LogP) is 2.52. The van der Waals surface area contributed by atoms with Crippen molar-refractivity contribution in [1.29, 1.82) is 0 Å². The molecule has 0 unspecified atom stereocenters. The van der Waals surface area contributed by atoms with Crippen LogP contribution < -0.4 is 15.5 Å². The summed E-state index contributed by atoms with van der Waals surface area (Å²) < 4.78 is 0. The molecule has 142 valence electrons. The second-order valence-electron chi connectivity index (χ2n) is 7.09. The van der Waals surface area contributed by atoms with Gasteiger partial charge in [0, 0.05) is 26.2 Å². The van der Waals surface area contributed by atoms with E-state index in [9.17, 15) is 9.59 Å². The molecule has 6 heteroatoms. The molecule has 1 fully saturated rings. The van der Waals surface area contributed by atoms with Gasteiger partial charge in [0.15, 0.2) is 0 Å². The van der Waals surface area contributed by atoms with Crippen LogP contribution >= 0.6 is 0 Å². The molecule has 6 nitrogen and oxygen atoms in total. The van der Waals surface area contributed by atoms with Gasteiger partial charge in [0.2, 0.25) is 5.91 Å². The lowest BCUT2D eigenvalue weighted by Gasteiger charge is -2.20. The molecule has 2 N–H and O–H groups in total. The first-order chi connectivity index (χ1) is 13.0. The zero-order valence-corrected chi connectivity index (χ0v) is 16.1. The lowest BCUT2D eigenvalue weighted by molar-refractivity contribution is -0.122. The van der Waals surface area contributed by atoms with Gasteiger partial charge in [-0.2, -0.15) is 0 Å². The summed E-state index contributed by atoms with van der Waals surface area (Å²) in [5, 5.41) is 5.72. The van der Waals surface area contributed by atoms with Gasteiger partial charge in [-0.15, -0.1) is 0 Å². The molecular formula is C21H26N4O2. The Morgan fingerprint density at radius 2 is 1.96 bits per heavy atom. The molecule has 1 aliphatic rings. The van der Waals surface area contributed by atoms with E-state index in [1.807, 2.05) is 56.3 Å². The zero-order valence-electron chi connectivity index (χ0n) is 16.1. The SMILES string of the molecule is Cc1ccccc1-c1ccc(C(=O)N[C@H]2CCCCNC2=O)c(N(C)C)n1. The molecule has 1 saturated heterocycles. The summed E-state index contributed by atoms with van der Waals surface area (Å²) in [6.07, 6.45) is 2.51. The van der Waals surface area contributed by atoms with Crippen LogP contribution in [0.25, 0.3) is 11.3 Å². The minimum atomic E-state index is -0.494. The number of amides is 2. The Hall–Kier alpha value is -2.89. The van der Waals surface area contributed by atoms with Crippen molar-refractivity contribution in [3.05, 3.63) is 47.5 Å². The van der Waals surface area contributed by atoms with E-state index in [4.69, 9.17) is 4.98 Å². The first kappa shape index (κ1) is 18.9. The molecule has 0 bridgehead atoms. The number of carbonyl (C=O) groups excluding carboxylic acids is 2. The quantitative estimate of drug-likeness (QED) is 0.872. The standard InChI is InChI=1S/C21H26N4O2/c1-14-8-4-5-9-15(14)17-12-11-16(19(23-17)25(2)3)20(26)24-18-10-6-7-13-22-21(18)27/h4-5,8-9,11-12,18H,6-7,10,13H2,1-3H3,(H,22,27)(H,24,26)/t18-/m0/s1. The Labute approximate surface area is 160 Å². The van der Waals surface area contributed by atoms with Gasteiger partial charge in [0.05, 0.1) is 11.3 Å². The minimum absolute atomic E-state index is 0.114. The van der Waals surface area contributed by atoms with E-state index in [0.717, 1.165) is 29.7 Å². The van der Waals surface area contributed by atoms with E-state index < -0.39 is 6.04 Å². The van der Waals surface area contributed by atoms with Crippen LogP contribution in [0.15, 0.2) is 36.4 Å². The number of anilines is 1. The number of rotatable bonds is 4. The summed E-state index contributed by atoms with van der Waals surface area (Å²) in [6.45, 7) is 2.71. The first-order valence-electron chi connectivity index (χ1n) is 9.30. The van der Waals surface area contributed by atoms with Crippen molar-refractivity contribution >= 4 is 17.6 Å². The number of carbonyl (C=O) groups is 2. The van der Waals surface area contributed by atoms with Gasteiger partial charge in [0.1, 0.15) is 11.9 Å². The number of pyridine rings is 1. The summed E-state index contributed by atoms with van der Waals surface area (Å²) in [4.78, 5) is 31.5. The number of aromatic nitrogens is 1.